The second kappa shape index (κ2) is 6.68. The van der Waals surface area contributed by atoms with Gasteiger partial charge >= 0.3 is 0 Å². The van der Waals surface area contributed by atoms with Crippen molar-refractivity contribution in [2.24, 2.45) is 21.8 Å². The van der Waals surface area contributed by atoms with E-state index in [1.54, 1.807) is 24.3 Å². The molecule has 0 radical (unpaired) electrons. The molecule has 1 unspecified atom stereocenters. The number of carbonyl (C=O) groups is 2. The van der Waals surface area contributed by atoms with Gasteiger partial charge in [0.1, 0.15) is 11.7 Å². The van der Waals surface area contributed by atoms with Gasteiger partial charge in [0.25, 0.3) is 0 Å². The average molecular weight is 350 g/mol. The lowest BCUT2D eigenvalue weighted by molar-refractivity contribution is -0.121. The smallest absolute Gasteiger partial charge is 0.239 e. The summed E-state index contributed by atoms with van der Waals surface area (Å²) in [5.74, 6) is -0.496. The van der Waals surface area contributed by atoms with Crippen molar-refractivity contribution >= 4 is 28.9 Å². The summed E-state index contributed by atoms with van der Waals surface area (Å²) in [7, 11) is 0. The minimum atomic E-state index is -0.645. The Kier molecular flexibility index (Phi) is 4.22. The predicted octanol–water partition coefficient (Wildman–Crippen LogP) is 1.33. The summed E-state index contributed by atoms with van der Waals surface area (Å²) in [5.41, 5.74) is 2.25. The van der Waals surface area contributed by atoms with Crippen LogP contribution in [0.3, 0.4) is 0 Å². The number of fused-ring (bicyclic) bond motifs is 1. The summed E-state index contributed by atoms with van der Waals surface area (Å²) in [6.07, 6.45) is 6.65. The maximum atomic E-state index is 12.3. The van der Waals surface area contributed by atoms with Crippen LogP contribution in [0.2, 0.25) is 0 Å². The molecule has 26 heavy (non-hydrogen) atoms. The molecule has 7 nitrogen and oxygen atoms in total. The Morgan fingerprint density at radius 3 is 2.92 bits per heavy atom. The Morgan fingerprint density at radius 1 is 1.35 bits per heavy atom. The van der Waals surface area contributed by atoms with E-state index in [-0.39, 0.29) is 24.3 Å². The number of hydrogen-bond acceptors (Lipinski definition) is 5. The quantitative estimate of drug-likeness (QED) is 0.763. The van der Waals surface area contributed by atoms with Crippen molar-refractivity contribution in [2.75, 3.05) is 0 Å². The van der Waals surface area contributed by atoms with Gasteiger partial charge in [0.15, 0.2) is 0 Å². The van der Waals surface area contributed by atoms with Crippen LogP contribution in [-0.4, -0.2) is 28.3 Å². The molecule has 1 atom stereocenters. The highest BCUT2D eigenvalue weighted by molar-refractivity contribution is 6.31. The molecule has 3 aliphatic rings. The van der Waals surface area contributed by atoms with Crippen LogP contribution < -0.4 is 10.6 Å². The summed E-state index contributed by atoms with van der Waals surface area (Å²) in [6, 6.07) is 7.18. The lowest BCUT2D eigenvalue weighted by Crippen LogP contribution is -2.43. The van der Waals surface area contributed by atoms with Gasteiger partial charge in [-0.3, -0.25) is 14.6 Å². The van der Waals surface area contributed by atoms with Crippen molar-refractivity contribution < 1.29 is 14.7 Å². The molecule has 1 aliphatic carbocycles. The Morgan fingerprint density at radius 2 is 2.15 bits per heavy atom. The van der Waals surface area contributed by atoms with Gasteiger partial charge in [0.05, 0.1) is 23.7 Å². The first-order valence-corrected chi connectivity index (χ1v) is 8.51. The minimum absolute atomic E-state index is 0.0505. The molecule has 0 spiro atoms. The third-order valence-electron chi connectivity index (χ3n) is 4.48. The van der Waals surface area contributed by atoms with E-state index in [1.165, 1.54) is 6.20 Å². The zero-order valence-corrected chi connectivity index (χ0v) is 14.0. The normalized spacial score (nSPS) is 23.0. The fourth-order valence-electron chi connectivity index (χ4n) is 2.93. The maximum absolute atomic E-state index is 12.3. The lowest BCUT2D eigenvalue weighted by atomic mass is 9.91. The number of allylic oxidation sites excluding steroid dienone is 2. The van der Waals surface area contributed by atoms with E-state index in [0.717, 1.165) is 12.8 Å². The van der Waals surface area contributed by atoms with E-state index in [0.29, 0.717) is 28.5 Å². The molecule has 132 valence electrons. The van der Waals surface area contributed by atoms with Crippen molar-refractivity contribution in [3.63, 3.8) is 0 Å². The van der Waals surface area contributed by atoms with Crippen LogP contribution in [0.1, 0.15) is 18.4 Å². The third-order valence-corrected chi connectivity index (χ3v) is 4.48. The Balaban J connectivity index is 1.74. The standard InChI is InChI=1S/C19H18N4O3/c24-10-12-3-1-2-4-13(12)21-15-9-16(23-18(25)11-5-6-11)22-14-7-8-20-19(26)17(14)15/h1-4,7-9,11,17,24H,5-6,10H2,(H,20,26)(H,23,25). The molecule has 1 aromatic carbocycles. The highest BCUT2D eigenvalue weighted by atomic mass is 16.3. The van der Waals surface area contributed by atoms with E-state index >= 15 is 0 Å². The highest BCUT2D eigenvalue weighted by Crippen LogP contribution is 2.30. The zero-order chi connectivity index (χ0) is 18.1. The van der Waals surface area contributed by atoms with Crippen LogP contribution in [-0.2, 0) is 16.2 Å². The number of aliphatic hydroxyl groups excluding tert-OH is 1. The van der Waals surface area contributed by atoms with Gasteiger partial charge in [0, 0.05) is 23.8 Å². The summed E-state index contributed by atoms with van der Waals surface area (Å²) in [4.78, 5) is 33.4. The number of aliphatic hydroxyl groups is 1. The largest absolute Gasteiger partial charge is 0.392 e. The van der Waals surface area contributed by atoms with Gasteiger partial charge in [-0.15, -0.1) is 0 Å². The third kappa shape index (κ3) is 3.21. The maximum Gasteiger partial charge on any atom is 0.239 e. The topological polar surface area (TPSA) is 103 Å². The van der Waals surface area contributed by atoms with E-state index in [2.05, 4.69) is 20.6 Å². The fraction of sp³-hybridized carbons (Fsp3) is 0.263. The van der Waals surface area contributed by atoms with Crippen molar-refractivity contribution in [2.45, 2.75) is 19.4 Å². The first kappa shape index (κ1) is 16.4. The number of hydrogen-bond donors (Lipinski definition) is 3. The van der Waals surface area contributed by atoms with E-state index in [4.69, 9.17) is 0 Å². The molecular weight excluding hydrogens is 332 g/mol. The van der Waals surface area contributed by atoms with Crippen LogP contribution in [0, 0.1) is 11.8 Å². The highest BCUT2D eigenvalue weighted by Gasteiger charge is 2.35. The molecule has 1 aromatic rings. The number of benzene rings is 1. The summed E-state index contributed by atoms with van der Waals surface area (Å²) < 4.78 is 0. The Bertz CT molecular complexity index is 894. The van der Waals surface area contributed by atoms with Gasteiger partial charge < -0.3 is 15.7 Å². The molecular formula is C19H18N4O3. The minimum Gasteiger partial charge on any atom is -0.392 e. The van der Waals surface area contributed by atoms with Crippen molar-refractivity contribution in [1.29, 1.82) is 0 Å². The zero-order valence-electron chi connectivity index (χ0n) is 14.0. The molecule has 0 aromatic heterocycles. The number of amides is 2. The first-order valence-electron chi connectivity index (χ1n) is 8.51. The van der Waals surface area contributed by atoms with Crippen molar-refractivity contribution in [3.05, 3.63) is 54.0 Å². The SMILES string of the molecule is O=C(NC1=CC(=Nc2ccccc2CO)C2C(=O)NC=CC2=N1)C1CC1. The lowest BCUT2D eigenvalue weighted by Gasteiger charge is -2.24. The van der Waals surface area contributed by atoms with Gasteiger partial charge in [0.2, 0.25) is 11.8 Å². The molecule has 3 N–H and O–H groups in total. The van der Waals surface area contributed by atoms with Crippen LogP contribution in [0.25, 0.3) is 0 Å². The predicted molar refractivity (Wildman–Crippen MR) is 96.6 cm³/mol. The van der Waals surface area contributed by atoms with E-state index < -0.39 is 5.92 Å². The van der Waals surface area contributed by atoms with Crippen LogP contribution in [0.15, 0.2) is 58.4 Å². The van der Waals surface area contributed by atoms with Gasteiger partial charge in [-0.25, -0.2) is 4.99 Å². The van der Waals surface area contributed by atoms with Gasteiger partial charge in [-0.2, -0.15) is 0 Å². The molecule has 2 aliphatic heterocycles. The number of aliphatic imine (C=N–C) groups is 2. The van der Waals surface area contributed by atoms with E-state index in [9.17, 15) is 14.7 Å². The van der Waals surface area contributed by atoms with Crippen LogP contribution in [0.4, 0.5) is 5.69 Å². The van der Waals surface area contributed by atoms with Crippen molar-refractivity contribution in [1.82, 2.24) is 10.6 Å². The molecule has 7 heteroatoms. The number of para-hydroxylation sites is 1. The fourth-order valence-corrected chi connectivity index (χ4v) is 2.93. The number of carbonyl (C=O) groups excluding carboxylic acids is 2. The van der Waals surface area contributed by atoms with E-state index in [1.807, 2.05) is 12.1 Å². The molecule has 1 saturated carbocycles. The Labute approximate surface area is 150 Å². The second-order valence-electron chi connectivity index (χ2n) is 6.43. The summed E-state index contributed by atoms with van der Waals surface area (Å²) in [5, 5.41) is 15.0. The number of nitrogens with one attached hydrogen (secondary N) is 2. The molecule has 0 bridgehead atoms. The Hall–Kier alpha value is -3.06. The van der Waals surface area contributed by atoms with Gasteiger partial charge in [-0.1, -0.05) is 18.2 Å². The number of rotatable bonds is 4. The summed E-state index contributed by atoms with van der Waals surface area (Å²) in [6.45, 7) is -0.153. The van der Waals surface area contributed by atoms with Crippen LogP contribution in [0.5, 0.6) is 0 Å². The molecule has 4 rings (SSSR count). The first-order chi connectivity index (χ1) is 12.7. The monoisotopic (exact) mass is 350 g/mol. The second-order valence-corrected chi connectivity index (χ2v) is 6.43. The summed E-state index contributed by atoms with van der Waals surface area (Å²) >= 11 is 0. The van der Waals surface area contributed by atoms with Crippen LogP contribution >= 0.6 is 0 Å². The van der Waals surface area contributed by atoms with Crippen molar-refractivity contribution in [3.8, 4) is 0 Å². The molecule has 2 amide bonds. The average Bonchev–Trinajstić information content (AvgIpc) is 3.47. The number of nitrogens with zero attached hydrogens (tertiary/aromatic N) is 2. The van der Waals surface area contributed by atoms with Gasteiger partial charge in [-0.05, 0) is 25.0 Å². The molecule has 0 saturated heterocycles. The molecule has 1 fully saturated rings. The molecule has 2 heterocycles.